The number of unbranched alkanes of at least 4 members (excludes halogenated alkanes) is 3. The number of rotatable bonds is 10. The summed E-state index contributed by atoms with van der Waals surface area (Å²) < 4.78 is 5.42. The van der Waals surface area contributed by atoms with Gasteiger partial charge < -0.3 is 10.1 Å². The van der Waals surface area contributed by atoms with E-state index < -0.39 is 0 Å². The van der Waals surface area contributed by atoms with Gasteiger partial charge in [-0.05, 0) is 68.8 Å². The van der Waals surface area contributed by atoms with Crippen molar-refractivity contribution in [1.29, 1.82) is 0 Å². The normalized spacial score (nSPS) is 11.1. The molecule has 0 spiro atoms. The third-order valence-electron chi connectivity index (χ3n) is 3.85. The average molecular weight is 291 g/mol. The first-order valence-corrected chi connectivity index (χ1v) is 8.39. The fourth-order valence-corrected chi connectivity index (χ4v) is 2.83. The summed E-state index contributed by atoms with van der Waals surface area (Å²) in [5.41, 5.74) is 3.96. The smallest absolute Gasteiger partial charge is 0.124 e. The van der Waals surface area contributed by atoms with Gasteiger partial charge >= 0.3 is 0 Å². The van der Waals surface area contributed by atoms with Crippen molar-refractivity contribution < 1.29 is 4.74 Å². The lowest BCUT2D eigenvalue weighted by Crippen LogP contribution is -2.20. The maximum atomic E-state index is 5.42. The van der Waals surface area contributed by atoms with Gasteiger partial charge in [-0.1, -0.05) is 38.8 Å². The van der Waals surface area contributed by atoms with E-state index in [1.54, 1.807) is 7.11 Å². The molecular formula is C19H33NO. The maximum Gasteiger partial charge on any atom is 0.124 e. The molecule has 0 unspecified atom stereocenters. The second kappa shape index (κ2) is 9.83. The Kier molecular flexibility index (Phi) is 8.44. The predicted molar refractivity (Wildman–Crippen MR) is 92.3 cm³/mol. The van der Waals surface area contributed by atoms with Crippen LogP contribution in [0.2, 0.25) is 0 Å². The van der Waals surface area contributed by atoms with E-state index in [0.717, 1.165) is 18.2 Å². The molecule has 2 heteroatoms. The standard InChI is InChI=1S/C19H33NO/c1-15(2)14-20-11-9-7-6-8-10-18-12-16(3)19(21-5)17(4)13-18/h12-13,15,20H,6-11,14H2,1-5H3. The van der Waals surface area contributed by atoms with Gasteiger partial charge in [-0.15, -0.1) is 0 Å². The average Bonchev–Trinajstić information content (AvgIpc) is 2.41. The van der Waals surface area contributed by atoms with E-state index in [-0.39, 0.29) is 0 Å². The van der Waals surface area contributed by atoms with Crippen molar-refractivity contribution in [3.8, 4) is 5.75 Å². The lowest BCUT2D eigenvalue weighted by Gasteiger charge is -2.11. The third-order valence-corrected chi connectivity index (χ3v) is 3.85. The van der Waals surface area contributed by atoms with Crippen molar-refractivity contribution in [3.63, 3.8) is 0 Å². The summed E-state index contributed by atoms with van der Waals surface area (Å²) in [6, 6.07) is 4.55. The highest BCUT2D eigenvalue weighted by Gasteiger charge is 2.05. The zero-order chi connectivity index (χ0) is 15.7. The Morgan fingerprint density at radius 2 is 1.62 bits per heavy atom. The lowest BCUT2D eigenvalue weighted by atomic mass is 10.0. The van der Waals surface area contributed by atoms with Gasteiger partial charge in [0.1, 0.15) is 5.75 Å². The van der Waals surface area contributed by atoms with Gasteiger partial charge in [-0.2, -0.15) is 0 Å². The summed E-state index contributed by atoms with van der Waals surface area (Å²) >= 11 is 0. The molecule has 1 aromatic rings. The van der Waals surface area contributed by atoms with Gasteiger partial charge in [0.25, 0.3) is 0 Å². The number of hydrogen-bond acceptors (Lipinski definition) is 2. The Bertz CT molecular complexity index is 389. The number of aryl methyl sites for hydroxylation is 3. The molecule has 0 saturated carbocycles. The summed E-state index contributed by atoms with van der Waals surface area (Å²) in [6.07, 6.45) is 6.43. The largest absolute Gasteiger partial charge is 0.496 e. The van der Waals surface area contributed by atoms with Crippen LogP contribution in [0.5, 0.6) is 5.75 Å². The molecule has 0 atom stereocenters. The Hall–Kier alpha value is -1.02. The zero-order valence-electron chi connectivity index (χ0n) is 14.6. The molecule has 0 fully saturated rings. The maximum absolute atomic E-state index is 5.42. The van der Waals surface area contributed by atoms with Crippen molar-refractivity contribution in [2.24, 2.45) is 5.92 Å². The first kappa shape index (κ1) is 18.0. The lowest BCUT2D eigenvalue weighted by molar-refractivity contribution is 0.408. The van der Waals surface area contributed by atoms with Crippen LogP contribution in [-0.2, 0) is 6.42 Å². The summed E-state index contributed by atoms with van der Waals surface area (Å²) in [7, 11) is 1.75. The van der Waals surface area contributed by atoms with Crippen LogP contribution in [0.25, 0.3) is 0 Å². The van der Waals surface area contributed by atoms with E-state index in [0.29, 0.717) is 0 Å². The van der Waals surface area contributed by atoms with Gasteiger partial charge in [0, 0.05) is 0 Å². The Morgan fingerprint density at radius 3 is 2.19 bits per heavy atom. The van der Waals surface area contributed by atoms with Gasteiger partial charge in [0.05, 0.1) is 7.11 Å². The molecule has 0 saturated heterocycles. The van der Waals surface area contributed by atoms with Crippen LogP contribution in [0.15, 0.2) is 12.1 Å². The minimum Gasteiger partial charge on any atom is -0.496 e. The number of methoxy groups -OCH3 is 1. The number of benzene rings is 1. The van der Waals surface area contributed by atoms with Gasteiger partial charge in [0.15, 0.2) is 0 Å². The van der Waals surface area contributed by atoms with Crippen molar-refractivity contribution in [2.75, 3.05) is 20.2 Å². The molecule has 0 aliphatic carbocycles. The molecule has 0 aromatic heterocycles. The van der Waals surface area contributed by atoms with Crippen LogP contribution in [0.4, 0.5) is 0 Å². The van der Waals surface area contributed by atoms with E-state index in [9.17, 15) is 0 Å². The molecule has 1 aromatic carbocycles. The molecule has 0 heterocycles. The zero-order valence-corrected chi connectivity index (χ0v) is 14.6. The highest BCUT2D eigenvalue weighted by Crippen LogP contribution is 2.25. The molecule has 0 amide bonds. The number of nitrogens with one attached hydrogen (secondary N) is 1. The summed E-state index contributed by atoms with van der Waals surface area (Å²) in [6.45, 7) is 11.1. The van der Waals surface area contributed by atoms with E-state index in [1.165, 1.54) is 55.3 Å². The fourth-order valence-electron chi connectivity index (χ4n) is 2.83. The quantitative estimate of drug-likeness (QED) is 0.633. The Balaban J connectivity index is 2.18. The van der Waals surface area contributed by atoms with Gasteiger partial charge in [-0.3, -0.25) is 0 Å². The number of ether oxygens (including phenoxy) is 1. The Labute approximate surface area is 131 Å². The molecule has 1 N–H and O–H groups in total. The molecule has 0 bridgehead atoms. The Morgan fingerprint density at radius 1 is 1.00 bits per heavy atom. The van der Waals surface area contributed by atoms with Crippen LogP contribution in [0.1, 0.15) is 56.2 Å². The van der Waals surface area contributed by atoms with Crippen molar-refractivity contribution >= 4 is 0 Å². The molecule has 21 heavy (non-hydrogen) atoms. The first-order valence-electron chi connectivity index (χ1n) is 8.39. The van der Waals surface area contributed by atoms with E-state index >= 15 is 0 Å². The third kappa shape index (κ3) is 6.99. The molecule has 2 nitrogen and oxygen atoms in total. The van der Waals surface area contributed by atoms with Crippen molar-refractivity contribution in [1.82, 2.24) is 5.32 Å². The van der Waals surface area contributed by atoms with Crippen LogP contribution < -0.4 is 10.1 Å². The van der Waals surface area contributed by atoms with Crippen LogP contribution >= 0.6 is 0 Å². The van der Waals surface area contributed by atoms with E-state index in [1.807, 2.05) is 0 Å². The second-order valence-electron chi connectivity index (χ2n) is 6.53. The molecule has 1 rings (SSSR count). The molecule has 0 radical (unpaired) electrons. The molecule has 120 valence electrons. The SMILES string of the molecule is COc1c(C)cc(CCCCCCNCC(C)C)cc1C. The van der Waals surface area contributed by atoms with Crippen molar-refractivity contribution in [2.45, 2.75) is 59.8 Å². The van der Waals surface area contributed by atoms with Crippen molar-refractivity contribution in [3.05, 3.63) is 28.8 Å². The fraction of sp³-hybridized carbons (Fsp3) is 0.684. The molecule has 0 aliphatic rings. The predicted octanol–water partition coefficient (Wildman–Crippen LogP) is 4.66. The van der Waals surface area contributed by atoms with Crippen LogP contribution in [-0.4, -0.2) is 20.2 Å². The van der Waals surface area contributed by atoms with Gasteiger partial charge in [0.2, 0.25) is 0 Å². The topological polar surface area (TPSA) is 21.3 Å². The summed E-state index contributed by atoms with van der Waals surface area (Å²) in [5, 5.41) is 3.51. The monoisotopic (exact) mass is 291 g/mol. The first-order chi connectivity index (χ1) is 10.0. The summed E-state index contributed by atoms with van der Waals surface area (Å²) in [5.74, 6) is 1.79. The second-order valence-corrected chi connectivity index (χ2v) is 6.53. The number of hydrogen-bond donors (Lipinski definition) is 1. The van der Waals surface area contributed by atoms with Gasteiger partial charge in [-0.25, -0.2) is 0 Å². The summed E-state index contributed by atoms with van der Waals surface area (Å²) in [4.78, 5) is 0. The minimum atomic E-state index is 0.756. The van der Waals surface area contributed by atoms with Crippen LogP contribution in [0.3, 0.4) is 0 Å². The minimum absolute atomic E-state index is 0.756. The van der Waals surface area contributed by atoms with Crippen LogP contribution in [0, 0.1) is 19.8 Å². The van der Waals surface area contributed by atoms with E-state index in [4.69, 9.17) is 4.74 Å². The highest BCUT2D eigenvalue weighted by molar-refractivity contribution is 5.43. The molecule has 0 aliphatic heterocycles. The molecular weight excluding hydrogens is 258 g/mol. The van der Waals surface area contributed by atoms with E-state index in [2.05, 4.69) is 45.1 Å². The highest BCUT2D eigenvalue weighted by atomic mass is 16.5.